The van der Waals surface area contributed by atoms with Crippen LogP contribution in [-0.4, -0.2) is 38.8 Å². The quantitative estimate of drug-likeness (QED) is 0.542. The van der Waals surface area contributed by atoms with E-state index in [0.29, 0.717) is 29.8 Å². The highest BCUT2D eigenvalue weighted by Crippen LogP contribution is 2.32. The predicted octanol–water partition coefficient (Wildman–Crippen LogP) is 3.52. The Labute approximate surface area is 170 Å². The third kappa shape index (κ3) is 5.44. The molecule has 1 aromatic carbocycles. The molecule has 1 heterocycles. The van der Waals surface area contributed by atoms with Gasteiger partial charge in [0.1, 0.15) is 5.82 Å². The molecule has 2 aromatic rings. The maximum atomic E-state index is 12.5. The second-order valence-corrected chi connectivity index (χ2v) is 8.30. The van der Waals surface area contributed by atoms with Gasteiger partial charge in [0.15, 0.2) is 10.9 Å². The second kappa shape index (κ2) is 9.87. The minimum atomic E-state index is -0.0585. The highest BCUT2D eigenvalue weighted by Gasteiger charge is 2.17. The van der Waals surface area contributed by atoms with Gasteiger partial charge in [0, 0.05) is 32.5 Å². The van der Waals surface area contributed by atoms with Crippen LogP contribution in [0, 0.1) is 0 Å². The van der Waals surface area contributed by atoms with E-state index in [1.165, 1.54) is 56.4 Å². The molecule has 7 heteroatoms. The number of rotatable bonds is 8. The van der Waals surface area contributed by atoms with Gasteiger partial charge in [-0.15, -0.1) is 10.2 Å². The molecule has 0 radical (unpaired) electrons. The molecule has 0 saturated heterocycles. The molecule has 0 aliphatic heterocycles. The molecule has 1 saturated carbocycles. The topological polar surface area (TPSA) is 76.9 Å². The summed E-state index contributed by atoms with van der Waals surface area (Å²) in [4.78, 5) is 23.5. The first-order valence-corrected chi connectivity index (χ1v) is 10.9. The van der Waals surface area contributed by atoms with Crippen LogP contribution in [-0.2, 0) is 18.3 Å². The Morgan fingerprint density at radius 1 is 1.14 bits per heavy atom. The molecule has 0 bridgehead atoms. The van der Waals surface area contributed by atoms with Gasteiger partial charge < -0.3 is 9.88 Å². The van der Waals surface area contributed by atoms with E-state index in [1.54, 1.807) is 0 Å². The van der Waals surface area contributed by atoms with Crippen LogP contribution in [0.4, 0.5) is 0 Å². The lowest BCUT2D eigenvalue weighted by Crippen LogP contribution is -2.23. The summed E-state index contributed by atoms with van der Waals surface area (Å²) in [6.45, 7) is 2.02. The molecule has 3 rings (SSSR count). The van der Waals surface area contributed by atoms with E-state index >= 15 is 0 Å². The van der Waals surface area contributed by atoms with Crippen LogP contribution in [0.5, 0.6) is 0 Å². The van der Waals surface area contributed by atoms with Crippen molar-refractivity contribution in [2.45, 2.75) is 56.5 Å². The van der Waals surface area contributed by atoms with E-state index in [4.69, 9.17) is 0 Å². The van der Waals surface area contributed by atoms with Crippen molar-refractivity contribution >= 4 is 23.5 Å². The number of nitrogens with zero attached hydrogens (tertiary/aromatic N) is 3. The van der Waals surface area contributed by atoms with Crippen LogP contribution in [0.2, 0.25) is 0 Å². The van der Waals surface area contributed by atoms with Gasteiger partial charge in [-0.3, -0.25) is 9.59 Å². The number of thioether (sulfide) groups is 1. The molecule has 1 fully saturated rings. The summed E-state index contributed by atoms with van der Waals surface area (Å²) < 4.78 is 1.88. The van der Waals surface area contributed by atoms with Crippen molar-refractivity contribution in [2.24, 2.45) is 7.05 Å². The summed E-state index contributed by atoms with van der Waals surface area (Å²) >= 11 is 1.40. The van der Waals surface area contributed by atoms with Crippen LogP contribution >= 0.6 is 11.8 Å². The number of nitrogens with one attached hydrogen (secondary N) is 1. The lowest BCUT2D eigenvalue weighted by Gasteiger charge is -2.22. The van der Waals surface area contributed by atoms with Crippen molar-refractivity contribution < 1.29 is 9.59 Å². The summed E-state index contributed by atoms with van der Waals surface area (Å²) in [5.74, 6) is 1.82. The molecular formula is C21H28N4O2S. The number of aromatic nitrogens is 3. The van der Waals surface area contributed by atoms with Gasteiger partial charge in [0.05, 0.1) is 5.75 Å². The second-order valence-electron chi connectivity index (χ2n) is 7.36. The van der Waals surface area contributed by atoms with Crippen molar-refractivity contribution in [2.75, 3.05) is 12.3 Å². The van der Waals surface area contributed by atoms with Gasteiger partial charge in [-0.2, -0.15) is 0 Å². The summed E-state index contributed by atoms with van der Waals surface area (Å²) in [5, 5.41) is 11.8. The minimum absolute atomic E-state index is 0.0585. The standard InChI is InChI=1S/C21H28N4O2S/c1-15(26)22-13-12-20-23-24-21(25(20)2)28-14-19(27)18-10-8-17(9-11-18)16-6-4-3-5-7-16/h8-11,16H,3-7,12-14H2,1-2H3,(H,22,26). The normalized spacial score (nSPS) is 14.8. The van der Waals surface area contributed by atoms with Crippen LogP contribution in [0.15, 0.2) is 29.4 Å². The summed E-state index contributed by atoms with van der Waals surface area (Å²) in [6, 6.07) is 8.16. The van der Waals surface area contributed by atoms with Crippen molar-refractivity contribution in [3.63, 3.8) is 0 Å². The number of amides is 1. The van der Waals surface area contributed by atoms with Gasteiger partial charge >= 0.3 is 0 Å². The lowest BCUT2D eigenvalue weighted by atomic mass is 9.84. The zero-order valence-corrected chi connectivity index (χ0v) is 17.4. The number of hydrogen-bond acceptors (Lipinski definition) is 5. The molecule has 6 nitrogen and oxygen atoms in total. The summed E-state index contributed by atoms with van der Waals surface area (Å²) in [7, 11) is 1.88. The van der Waals surface area contributed by atoms with Gasteiger partial charge in [-0.25, -0.2) is 0 Å². The third-order valence-corrected chi connectivity index (χ3v) is 6.31. The average Bonchev–Trinajstić information content (AvgIpc) is 3.06. The zero-order chi connectivity index (χ0) is 19.9. The molecule has 150 valence electrons. The molecular weight excluding hydrogens is 372 g/mol. The largest absolute Gasteiger partial charge is 0.356 e. The molecule has 0 atom stereocenters. The number of benzene rings is 1. The number of carbonyl (C=O) groups excluding carboxylic acids is 2. The van der Waals surface area contributed by atoms with Gasteiger partial charge in [0.25, 0.3) is 0 Å². The molecule has 1 amide bonds. The molecule has 0 spiro atoms. The highest BCUT2D eigenvalue weighted by atomic mass is 32.2. The van der Waals surface area contributed by atoms with Crippen LogP contribution in [0.1, 0.15) is 66.7 Å². The van der Waals surface area contributed by atoms with E-state index in [2.05, 4.69) is 27.6 Å². The third-order valence-electron chi connectivity index (χ3n) is 5.29. The van der Waals surface area contributed by atoms with Gasteiger partial charge in [-0.05, 0) is 24.3 Å². The lowest BCUT2D eigenvalue weighted by molar-refractivity contribution is -0.118. The Hall–Kier alpha value is -2.15. The molecule has 1 aliphatic carbocycles. The Bertz CT molecular complexity index is 810. The maximum Gasteiger partial charge on any atom is 0.216 e. The first kappa shape index (κ1) is 20.6. The Kier molecular flexibility index (Phi) is 7.25. The van der Waals surface area contributed by atoms with E-state index in [1.807, 2.05) is 23.7 Å². The van der Waals surface area contributed by atoms with E-state index < -0.39 is 0 Å². The zero-order valence-electron chi connectivity index (χ0n) is 16.6. The average molecular weight is 401 g/mol. The fourth-order valence-electron chi connectivity index (χ4n) is 3.63. The number of carbonyl (C=O) groups is 2. The molecule has 1 aliphatic rings. The summed E-state index contributed by atoms with van der Waals surface area (Å²) in [5.41, 5.74) is 2.11. The van der Waals surface area contributed by atoms with E-state index in [0.717, 1.165) is 11.4 Å². The fraction of sp³-hybridized carbons (Fsp3) is 0.524. The monoisotopic (exact) mass is 400 g/mol. The SMILES string of the molecule is CC(=O)NCCc1nnc(SCC(=O)c2ccc(C3CCCCC3)cc2)n1C. The Morgan fingerprint density at radius 2 is 1.86 bits per heavy atom. The van der Waals surface area contributed by atoms with E-state index in [9.17, 15) is 9.59 Å². The Morgan fingerprint density at radius 3 is 2.54 bits per heavy atom. The fourth-order valence-corrected chi connectivity index (χ4v) is 4.45. The van der Waals surface area contributed by atoms with Gasteiger partial charge in [-0.1, -0.05) is 55.3 Å². The first-order chi connectivity index (χ1) is 13.5. The van der Waals surface area contributed by atoms with E-state index in [-0.39, 0.29) is 11.7 Å². The molecule has 28 heavy (non-hydrogen) atoms. The minimum Gasteiger partial charge on any atom is -0.356 e. The van der Waals surface area contributed by atoms with Crippen molar-refractivity contribution in [3.05, 3.63) is 41.2 Å². The molecule has 1 N–H and O–H groups in total. The number of Topliss-reactive ketones (excluding diaryl/α,β-unsaturated/α-hetero) is 1. The first-order valence-electron chi connectivity index (χ1n) is 9.93. The van der Waals surface area contributed by atoms with Crippen molar-refractivity contribution in [1.29, 1.82) is 0 Å². The number of ketones is 1. The van der Waals surface area contributed by atoms with Gasteiger partial charge in [0.2, 0.25) is 5.91 Å². The highest BCUT2D eigenvalue weighted by molar-refractivity contribution is 7.99. The summed E-state index contributed by atoms with van der Waals surface area (Å²) in [6.07, 6.45) is 7.11. The maximum absolute atomic E-state index is 12.5. The Balaban J connectivity index is 1.52. The van der Waals surface area contributed by atoms with Crippen LogP contribution < -0.4 is 5.32 Å². The van der Waals surface area contributed by atoms with Crippen LogP contribution in [0.25, 0.3) is 0 Å². The predicted molar refractivity (Wildman–Crippen MR) is 111 cm³/mol. The van der Waals surface area contributed by atoms with Crippen molar-refractivity contribution in [3.8, 4) is 0 Å². The molecule has 0 unspecified atom stereocenters. The molecule has 1 aromatic heterocycles. The smallest absolute Gasteiger partial charge is 0.216 e. The van der Waals surface area contributed by atoms with Crippen LogP contribution in [0.3, 0.4) is 0 Å². The van der Waals surface area contributed by atoms with Crippen molar-refractivity contribution in [1.82, 2.24) is 20.1 Å². The number of hydrogen-bond donors (Lipinski definition) is 1.